The molecule has 0 saturated carbocycles. The summed E-state index contributed by atoms with van der Waals surface area (Å²) in [5.74, 6) is 0.529. The summed E-state index contributed by atoms with van der Waals surface area (Å²) < 4.78 is 32.8. The smallest absolute Gasteiger partial charge is 0.243 e. The van der Waals surface area contributed by atoms with Gasteiger partial charge >= 0.3 is 0 Å². The largest absolute Gasteiger partial charge is 0.441 e. The van der Waals surface area contributed by atoms with Gasteiger partial charge in [0.25, 0.3) is 0 Å². The Morgan fingerprint density at radius 1 is 1.13 bits per heavy atom. The fourth-order valence-corrected chi connectivity index (χ4v) is 4.45. The van der Waals surface area contributed by atoms with Gasteiger partial charge in [-0.3, -0.25) is 0 Å². The molecule has 1 aromatic heterocycles. The van der Waals surface area contributed by atoms with Gasteiger partial charge in [-0.2, -0.15) is 4.31 Å². The van der Waals surface area contributed by atoms with Crippen molar-refractivity contribution < 1.29 is 12.8 Å². The van der Waals surface area contributed by atoms with Crippen LogP contribution in [0.5, 0.6) is 0 Å². The number of rotatable bonds is 2. The second-order valence-electron chi connectivity index (χ2n) is 5.72. The molecule has 1 aliphatic heterocycles. The molecule has 0 bridgehead atoms. The third kappa shape index (κ3) is 2.44. The molecule has 0 fully saturated rings. The van der Waals surface area contributed by atoms with Crippen molar-refractivity contribution >= 4 is 21.1 Å². The SMILES string of the molecule is Cc1nc2cc(S(=O)(=O)N3CCc4ccccc4C3)ccc2o1. The van der Waals surface area contributed by atoms with Crippen LogP contribution in [0.2, 0.25) is 0 Å². The Hall–Kier alpha value is -2.18. The molecule has 0 amide bonds. The quantitative estimate of drug-likeness (QED) is 0.725. The van der Waals surface area contributed by atoms with Crippen molar-refractivity contribution in [2.75, 3.05) is 6.54 Å². The number of fused-ring (bicyclic) bond motifs is 2. The minimum absolute atomic E-state index is 0.262. The number of benzene rings is 2. The molecule has 6 heteroatoms. The van der Waals surface area contributed by atoms with Crippen LogP contribution in [0.3, 0.4) is 0 Å². The zero-order valence-corrected chi connectivity index (χ0v) is 13.5. The Morgan fingerprint density at radius 3 is 2.74 bits per heavy atom. The van der Waals surface area contributed by atoms with E-state index >= 15 is 0 Å². The Labute approximate surface area is 134 Å². The highest BCUT2D eigenvalue weighted by Crippen LogP contribution is 2.27. The van der Waals surface area contributed by atoms with Crippen molar-refractivity contribution in [3.8, 4) is 0 Å². The first kappa shape index (κ1) is 14.4. The molecule has 2 aromatic carbocycles. The monoisotopic (exact) mass is 328 g/mol. The number of oxazole rings is 1. The molecule has 0 atom stereocenters. The van der Waals surface area contributed by atoms with Crippen LogP contribution in [0.1, 0.15) is 17.0 Å². The molecule has 1 aliphatic rings. The van der Waals surface area contributed by atoms with Crippen LogP contribution in [0, 0.1) is 6.92 Å². The van der Waals surface area contributed by atoms with E-state index in [1.165, 1.54) is 9.87 Å². The molecule has 2 heterocycles. The second kappa shape index (κ2) is 5.18. The highest BCUT2D eigenvalue weighted by molar-refractivity contribution is 7.89. The summed E-state index contributed by atoms with van der Waals surface area (Å²) in [6.45, 7) is 2.65. The normalized spacial score (nSPS) is 15.7. The first-order chi connectivity index (χ1) is 11.0. The Balaban J connectivity index is 1.72. The Kier molecular flexibility index (Phi) is 3.25. The summed E-state index contributed by atoms with van der Waals surface area (Å²) in [7, 11) is -3.54. The summed E-state index contributed by atoms with van der Waals surface area (Å²) in [6, 6.07) is 12.8. The molecule has 0 radical (unpaired) electrons. The predicted octanol–water partition coefficient (Wildman–Crippen LogP) is 2.88. The van der Waals surface area contributed by atoms with E-state index < -0.39 is 10.0 Å². The van der Waals surface area contributed by atoms with Gasteiger partial charge in [0.1, 0.15) is 5.52 Å². The van der Waals surface area contributed by atoms with Crippen molar-refractivity contribution in [1.82, 2.24) is 9.29 Å². The van der Waals surface area contributed by atoms with Crippen molar-refractivity contribution in [3.63, 3.8) is 0 Å². The molecule has 3 aromatic rings. The number of sulfonamides is 1. The van der Waals surface area contributed by atoms with Gasteiger partial charge in [-0.15, -0.1) is 0 Å². The zero-order valence-electron chi connectivity index (χ0n) is 12.7. The van der Waals surface area contributed by atoms with E-state index in [2.05, 4.69) is 11.1 Å². The lowest BCUT2D eigenvalue weighted by atomic mass is 10.0. The van der Waals surface area contributed by atoms with Crippen LogP contribution < -0.4 is 0 Å². The topological polar surface area (TPSA) is 63.4 Å². The molecule has 0 spiro atoms. The van der Waals surface area contributed by atoms with E-state index in [-0.39, 0.29) is 4.90 Å². The number of aryl methyl sites for hydroxylation is 1. The molecule has 4 rings (SSSR count). The Morgan fingerprint density at radius 2 is 1.91 bits per heavy atom. The van der Waals surface area contributed by atoms with E-state index in [1.807, 2.05) is 18.2 Å². The van der Waals surface area contributed by atoms with Crippen LogP contribution in [0.4, 0.5) is 0 Å². The number of hydrogen-bond donors (Lipinski definition) is 0. The first-order valence-electron chi connectivity index (χ1n) is 7.48. The third-order valence-electron chi connectivity index (χ3n) is 4.20. The van der Waals surface area contributed by atoms with Crippen LogP contribution in [-0.2, 0) is 23.0 Å². The highest BCUT2D eigenvalue weighted by Gasteiger charge is 2.28. The highest BCUT2D eigenvalue weighted by atomic mass is 32.2. The molecule has 118 valence electrons. The van der Waals surface area contributed by atoms with Crippen molar-refractivity contribution in [3.05, 3.63) is 59.5 Å². The maximum absolute atomic E-state index is 12.9. The first-order valence-corrected chi connectivity index (χ1v) is 8.92. The fourth-order valence-electron chi connectivity index (χ4n) is 3.01. The maximum Gasteiger partial charge on any atom is 0.243 e. The predicted molar refractivity (Wildman–Crippen MR) is 86.5 cm³/mol. The number of hydrogen-bond acceptors (Lipinski definition) is 4. The zero-order chi connectivity index (χ0) is 16.0. The molecule has 0 saturated heterocycles. The van der Waals surface area contributed by atoms with E-state index in [9.17, 15) is 8.42 Å². The average Bonchev–Trinajstić information content (AvgIpc) is 2.93. The minimum atomic E-state index is -3.54. The van der Waals surface area contributed by atoms with Gasteiger partial charge in [0.2, 0.25) is 10.0 Å². The lowest BCUT2D eigenvalue weighted by molar-refractivity contribution is 0.391. The average molecular weight is 328 g/mol. The fraction of sp³-hybridized carbons (Fsp3) is 0.235. The van der Waals surface area contributed by atoms with Gasteiger partial charge in [0.15, 0.2) is 11.5 Å². The Bertz CT molecular complexity index is 992. The van der Waals surface area contributed by atoms with Crippen LogP contribution in [0.15, 0.2) is 51.8 Å². The maximum atomic E-state index is 12.9. The number of nitrogens with zero attached hydrogens (tertiary/aromatic N) is 2. The summed E-state index contributed by atoms with van der Waals surface area (Å²) in [4.78, 5) is 4.48. The summed E-state index contributed by atoms with van der Waals surface area (Å²) in [5.41, 5.74) is 3.47. The third-order valence-corrected chi connectivity index (χ3v) is 6.04. The van der Waals surface area contributed by atoms with Crippen molar-refractivity contribution in [2.45, 2.75) is 24.8 Å². The lowest BCUT2D eigenvalue weighted by Crippen LogP contribution is -2.35. The van der Waals surface area contributed by atoms with E-state index in [1.54, 1.807) is 25.1 Å². The van der Waals surface area contributed by atoms with Crippen molar-refractivity contribution in [1.29, 1.82) is 0 Å². The summed E-state index contributed by atoms with van der Waals surface area (Å²) in [5, 5.41) is 0. The van der Waals surface area contributed by atoms with Gasteiger partial charge in [-0.1, -0.05) is 24.3 Å². The molecule has 23 heavy (non-hydrogen) atoms. The van der Waals surface area contributed by atoms with Crippen LogP contribution in [0.25, 0.3) is 11.1 Å². The minimum Gasteiger partial charge on any atom is -0.441 e. The van der Waals surface area contributed by atoms with E-state index in [4.69, 9.17) is 4.42 Å². The molecular formula is C17H16N2O3S. The number of aromatic nitrogens is 1. The van der Waals surface area contributed by atoms with E-state index in [0.29, 0.717) is 30.1 Å². The van der Waals surface area contributed by atoms with Gasteiger partial charge in [0, 0.05) is 20.0 Å². The molecule has 5 nitrogen and oxygen atoms in total. The molecule has 0 unspecified atom stereocenters. The van der Waals surface area contributed by atoms with Gasteiger partial charge in [0.05, 0.1) is 4.90 Å². The summed E-state index contributed by atoms with van der Waals surface area (Å²) >= 11 is 0. The lowest BCUT2D eigenvalue weighted by Gasteiger charge is -2.28. The van der Waals surface area contributed by atoms with Crippen LogP contribution >= 0.6 is 0 Å². The summed E-state index contributed by atoms with van der Waals surface area (Å²) in [6.07, 6.45) is 0.737. The standard InChI is InChI=1S/C17H16N2O3S/c1-12-18-16-10-15(6-7-17(16)22-12)23(20,21)19-9-8-13-4-2-3-5-14(13)11-19/h2-7,10H,8-9,11H2,1H3. The van der Waals surface area contributed by atoms with Gasteiger partial charge in [-0.25, -0.2) is 13.4 Å². The van der Waals surface area contributed by atoms with Crippen molar-refractivity contribution in [2.24, 2.45) is 0 Å². The van der Waals surface area contributed by atoms with Gasteiger partial charge < -0.3 is 4.42 Å². The molecular weight excluding hydrogens is 312 g/mol. The van der Waals surface area contributed by atoms with E-state index in [0.717, 1.165) is 12.0 Å². The second-order valence-corrected chi connectivity index (χ2v) is 7.66. The van der Waals surface area contributed by atoms with Gasteiger partial charge in [-0.05, 0) is 35.7 Å². The molecule has 0 aliphatic carbocycles. The molecule has 0 N–H and O–H groups in total. The van der Waals surface area contributed by atoms with Crippen LogP contribution in [-0.4, -0.2) is 24.3 Å².